The molecular weight excluding hydrogens is 210 g/mol. The average molecular weight is 225 g/mol. The van der Waals surface area contributed by atoms with Gasteiger partial charge in [-0.2, -0.15) is 0 Å². The second kappa shape index (κ2) is 4.00. The van der Waals surface area contributed by atoms with Crippen LogP contribution in [0.5, 0.6) is 0 Å². The van der Waals surface area contributed by atoms with Gasteiger partial charge in [0, 0.05) is 7.05 Å². The van der Waals surface area contributed by atoms with Crippen molar-refractivity contribution in [1.82, 2.24) is 4.90 Å². The van der Waals surface area contributed by atoms with E-state index in [0.29, 0.717) is 11.3 Å². The summed E-state index contributed by atoms with van der Waals surface area (Å²) in [6.45, 7) is 4.67. The predicted molar refractivity (Wildman–Crippen MR) is 57.3 cm³/mol. The lowest BCUT2D eigenvalue weighted by molar-refractivity contribution is -0.147. The molecule has 1 aromatic heterocycles. The molecule has 0 atom stereocenters. The summed E-state index contributed by atoms with van der Waals surface area (Å²) >= 11 is 0. The Kier molecular flexibility index (Phi) is 3.07. The Morgan fingerprint density at radius 1 is 1.44 bits per heavy atom. The Bertz CT molecular complexity index is 419. The minimum Gasteiger partial charge on any atom is -0.480 e. The molecule has 0 fully saturated rings. The first kappa shape index (κ1) is 12.3. The van der Waals surface area contributed by atoms with Crippen molar-refractivity contribution >= 4 is 11.9 Å². The molecule has 1 rings (SSSR count). The van der Waals surface area contributed by atoms with Gasteiger partial charge in [-0.3, -0.25) is 4.79 Å². The number of hydrogen-bond donors (Lipinski definition) is 1. The molecule has 0 unspecified atom stereocenters. The number of carboxylic acid groups (broad SMARTS) is 1. The van der Waals surface area contributed by atoms with Crippen molar-refractivity contribution in [2.75, 3.05) is 7.05 Å². The van der Waals surface area contributed by atoms with Gasteiger partial charge in [0.05, 0.1) is 5.56 Å². The highest BCUT2D eigenvalue weighted by molar-refractivity contribution is 5.97. The topological polar surface area (TPSA) is 70.8 Å². The van der Waals surface area contributed by atoms with E-state index >= 15 is 0 Å². The van der Waals surface area contributed by atoms with Gasteiger partial charge in [0.25, 0.3) is 5.91 Å². The van der Waals surface area contributed by atoms with E-state index in [2.05, 4.69) is 0 Å². The number of rotatable bonds is 3. The van der Waals surface area contributed by atoms with Crippen molar-refractivity contribution in [2.24, 2.45) is 0 Å². The van der Waals surface area contributed by atoms with E-state index in [-0.39, 0.29) is 5.91 Å². The minimum absolute atomic E-state index is 0.356. The summed E-state index contributed by atoms with van der Waals surface area (Å²) in [5.41, 5.74) is -0.892. The number of carboxylic acids is 1. The van der Waals surface area contributed by atoms with E-state index in [1.807, 2.05) is 0 Å². The molecule has 0 radical (unpaired) electrons. The summed E-state index contributed by atoms with van der Waals surface area (Å²) in [6, 6.07) is 1.58. The molecule has 1 N–H and O–H groups in total. The lowest BCUT2D eigenvalue weighted by atomic mass is 10.0. The standard InChI is InChI=1S/C11H15NO4/c1-7-5-8(6-16-7)9(13)12(4)11(2,3)10(14)15/h5-6H,1-4H3,(H,14,15). The highest BCUT2D eigenvalue weighted by Crippen LogP contribution is 2.17. The molecule has 5 heteroatoms. The van der Waals surface area contributed by atoms with E-state index in [1.165, 1.54) is 32.1 Å². The zero-order valence-corrected chi connectivity index (χ0v) is 9.77. The first-order valence-electron chi connectivity index (χ1n) is 4.83. The largest absolute Gasteiger partial charge is 0.480 e. The molecule has 0 saturated heterocycles. The maximum Gasteiger partial charge on any atom is 0.329 e. The lowest BCUT2D eigenvalue weighted by Gasteiger charge is -2.31. The third-order valence-electron chi connectivity index (χ3n) is 2.64. The van der Waals surface area contributed by atoms with Crippen LogP contribution >= 0.6 is 0 Å². The Morgan fingerprint density at radius 2 is 2.00 bits per heavy atom. The quantitative estimate of drug-likeness (QED) is 0.846. The van der Waals surface area contributed by atoms with Crippen LogP contribution < -0.4 is 0 Å². The maximum absolute atomic E-state index is 11.9. The number of nitrogens with zero attached hydrogens (tertiary/aromatic N) is 1. The van der Waals surface area contributed by atoms with Crippen LogP contribution in [0.3, 0.4) is 0 Å². The van der Waals surface area contributed by atoms with Gasteiger partial charge in [-0.05, 0) is 26.8 Å². The molecule has 88 valence electrons. The summed E-state index contributed by atoms with van der Waals surface area (Å²) in [5.74, 6) is -0.808. The smallest absolute Gasteiger partial charge is 0.329 e. The van der Waals surface area contributed by atoms with E-state index in [9.17, 15) is 9.59 Å². The molecule has 0 bridgehead atoms. The minimum atomic E-state index is -1.25. The van der Waals surface area contributed by atoms with Crippen molar-refractivity contribution in [1.29, 1.82) is 0 Å². The van der Waals surface area contributed by atoms with Crippen molar-refractivity contribution in [3.63, 3.8) is 0 Å². The van der Waals surface area contributed by atoms with Crippen LogP contribution in [0.25, 0.3) is 0 Å². The van der Waals surface area contributed by atoms with Crippen molar-refractivity contribution < 1.29 is 19.1 Å². The van der Waals surface area contributed by atoms with Crippen LogP contribution in [-0.2, 0) is 4.79 Å². The number of furan rings is 1. The van der Waals surface area contributed by atoms with Gasteiger partial charge in [-0.25, -0.2) is 4.79 Å². The molecule has 0 aliphatic rings. The highest BCUT2D eigenvalue weighted by Gasteiger charge is 2.35. The van der Waals surface area contributed by atoms with E-state index in [1.54, 1.807) is 13.0 Å². The van der Waals surface area contributed by atoms with Gasteiger partial charge in [-0.1, -0.05) is 0 Å². The van der Waals surface area contributed by atoms with Gasteiger partial charge in [0.15, 0.2) is 0 Å². The third kappa shape index (κ3) is 2.08. The number of likely N-dealkylation sites (N-methyl/N-ethyl adjacent to an activating group) is 1. The monoisotopic (exact) mass is 225 g/mol. The van der Waals surface area contributed by atoms with Crippen LogP contribution in [0.1, 0.15) is 30.0 Å². The Labute approximate surface area is 93.7 Å². The average Bonchev–Trinajstić information content (AvgIpc) is 2.62. The number of amides is 1. The molecule has 1 heterocycles. The number of aliphatic carboxylic acids is 1. The van der Waals surface area contributed by atoms with Crippen molar-refractivity contribution in [3.05, 3.63) is 23.7 Å². The fourth-order valence-electron chi connectivity index (χ4n) is 1.15. The molecule has 16 heavy (non-hydrogen) atoms. The van der Waals surface area contributed by atoms with E-state index in [4.69, 9.17) is 9.52 Å². The second-order valence-corrected chi connectivity index (χ2v) is 4.17. The summed E-state index contributed by atoms with van der Waals surface area (Å²) in [5, 5.41) is 9.00. The highest BCUT2D eigenvalue weighted by atomic mass is 16.4. The number of aryl methyl sites for hydroxylation is 1. The Balaban J connectivity index is 2.95. The zero-order valence-electron chi connectivity index (χ0n) is 9.77. The van der Waals surface area contributed by atoms with Crippen molar-refractivity contribution in [2.45, 2.75) is 26.3 Å². The molecule has 1 amide bonds. The maximum atomic E-state index is 11.9. The fourth-order valence-corrected chi connectivity index (χ4v) is 1.15. The van der Waals surface area contributed by atoms with Gasteiger partial charge in [0.1, 0.15) is 17.6 Å². The zero-order chi connectivity index (χ0) is 12.5. The predicted octanol–water partition coefficient (Wildman–Crippen LogP) is 1.52. The van der Waals surface area contributed by atoms with E-state index < -0.39 is 11.5 Å². The number of hydrogen-bond acceptors (Lipinski definition) is 3. The Hall–Kier alpha value is -1.78. The van der Waals surface area contributed by atoms with Crippen LogP contribution in [0.4, 0.5) is 0 Å². The lowest BCUT2D eigenvalue weighted by Crippen LogP contribution is -2.50. The number of carbonyl (C=O) groups is 2. The summed E-state index contributed by atoms with van der Waals surface area (Å²) < 4.78 is 5.01. The second-order valence-electron chi connectivity index (χ2n) is 4.17. The molecule has 0 aromatic carbocycles. The fraction of sp³-hybridized carbons (Fsp3) is 0.455. The normalized spacial score (nSPS) is 11.2. The first-order valence-corrected chi connectivity index (χ1v) is 4.83. The van der Waals surface area contributed by atoms with Gasteiger partial charge >= 0.3 is 5.97 Å². The molecular formula is C11H15NO4. The summed E-state index contributed by atoms with van der Waals surface area (Å²) in [6.07, 6.45) is 1.33. The molecule has 5 nitrogen and oxygen atoms in total. The van der Waals surface area contributed by atoms with Crippen LogP contribution in [0, 0.1) is 6.92 Å². The molecule has 0 aliphatic heterocycles. The molecule has 0 spiro atoms. The summed E-state index contributed by atoms with van der Waals surface area (Å²) in [4.78, 5) is 24.1. The van der Waals surface area contributed by atoms with Crippen LogP contribution in [0.15, 0.2) is 16.7 Å². The van der Waals surface area contributed by atoms with E-state index in [0.717, 1.165) is 0 Å². The van der Waals surface area contributed by atoms with Crippen LogP contribution in [-0.4, -0.2) is 34.5 Å². The van der Waals surface area contributed by atoms with Gasteiger partial charge < -0.3 is 14.4 Å². The molecule has 1 aromatic rings. The van der Waals surface area contributed by atoms with Crippen molar-refractivity contribution in [3.8, 4) is 0 Å². The first-order chi connectivity index (χ1) is 7.26. The van der Waals surface area contributed by atoms with Crippen LogP contribution in [0.2, 0.25) is 0 Å². The third-order valence-corrected chi connectivity index (χ3v) is 2.64. The Morgan fingerprint density at radius 3 is 2.38 bits per heavy atom. The van der Waals surface area contributed by atoms with Gasteiger partial charge in [-0.15, -0.1) is 0 Å². The summed E-state index contributed by atoms with van der Waals surface area (Å²) in [7, 11) is 1.46. The SMILES string of the molecule is Cc1cc(C(=O)N(C)C(C)(C)C(=O)O)co1. The van der Waals surface area contributed by atoms with Gasteiger partial charge in [0.2, 0.25) is 0 Å². The molecule has 0 saturated carbocycles. The molecule has 0 aliphatic carbocycles. The number of carbonyl (C=O) groups excluding carboxylic acids is 1.